The minimum absolute atomic E-state index is 0.102. The van der Waals surface area contributed by atoms with E-state index in [4.69, 9.17) is 5.41 Å². The summed E-state index contributed by atoms with van der Waals surface area (Å²) in [5.74, 6) is 0.134. The highest BCUT2D eigenvalue weighted by Gasteiger charge is 2.45. The molecule has 1 aliphatic rings. The molecule has 1 saturated carbocycles. The topological polar surface area (TPSA) is 88.0 Å². The number of benzene rings is 1. The Morgan fingerprint density at radius 2 is 1.88 bits per heavy atom. The van der Waals surface area contributed by atoms with Gasteiger partial charge in [-0.25, -0.2) is 0 Å². The van der Waals surface area contributed by atoms with E-state index in [1.807, 2.05) is 30.3 Å². The summed E-state index contributed by atoms with van der Waals surface area (Å²) in [7, 11) is 1.69. The highest BCUT2D eigenvalue weighted by molar-refractivity contribution is 7.94. The maximum absolute atomic E-state index is 12.8. The van der Waals surface area contributed by atoms with Crippen LogP contribution in [-0.4, -0.2) is 33.2 Å². The van der Waals surface area contributed by atoms with Crippen molar-refractivity contribution in [1.82, 2.24) is 10.6 Å². The van der Waals surface area contributed by atoms with Crippen LogP contribution in [0, 0.1) is 5.41 Å². The molecule has 1 unspecified atom stereocenters. The van der Waals surface area contributed by atoms with Crippen LogP contribution in [-0.2, 0) is 16.0 Å². The van der Waals surface area contributed by atoms with Gasteiger partial charge in [0.05, 0.1) is 5.71 Å². The number of amides is 1. The van der Waals surface area contributed by atoms with Crippen molar-refractivity contribution in [2.24, 2.45) is 0 Å². The van der Waals surface area contributed by atoms with Crippen LogP contribution in [0.2, 0.25) is 0 Å². The molecule has 0 heterocycles. The van der Waals surface area contributed by atoms with Gasteiger partial charge in [-0.05, 0) is 56.3 Å². The van der Waals surface area contributed by atoms with E-state index < -0.39 is 15.9 Å². The molecule has 1 atom stereocenters. The zero-order valence-corrected chi connectivity index (χ0v) is 15.9. The summed E-state index contributed by atoms with van der Waals surface area (Å²) in [6.07, 6.45) is 5.60. The Morgan fingerprint density at radius 3 is 2.44 bits per heavy atom. The minimum atomic E-state index is -1.22. The SMILES string of the molecule is CN/C(=C\C(=N)c1ccccc1)NC(=O)C(C)(C)[S+]([O-])C1CCCC1. The highest BCUT2D eigenvalue weighted by atomic mass is 32.2. The zero-order valence-electron chi connectivity index (χ0n) is 15.1. The molecular formula is C19H27N3O2S. The molecule has 0 radical (unpaired) electrons. The van der Waals surface area contributed by atoms with E-state index in [0.717, 1.165) is 31.2 Å². The van der Waals surface area contributed by atoms with Crippen LogP contribution in [0.25, 0.3) is 0 Å². The van der Waals surface area contributed by atoms with Crippen molar-refractivity contribution in [3.63, 3.8) is 0 Å². The van der Waals surface area contributed by atoms with Crippen molar-refractivity contribution in [3.05, 3.63) is 47.8 Å². The van der Waals surface area contributed by atoms with Crippen LogP contribution in [0.4, 0.5) is 0 Å². The van der Waals surface area contributed by atoms with E-state index in [9.17, 15) is 9.35 Å². The molecule has 0 spiro atoms. The number of carbonyl (C=O) groups excluding carboxylic acids is 1. The smallest absolute Gasteiger partial charge is 0.281 e. The van der Waals surface area contributed by atoms with Crippen molar-refractivity contribution in [3.8, 4) is 0 Å². The maximum Gasteiger partial charge on any atom is 0.281 e. The van der Waals surface area contributed by atoms with Gasteiger partial charge in [-0.2, -0.15) is 0 Å². The molecular weight excluding hydrogens is 334 g/mol. The quantitative estimate of drug-likeness (QED) is 0.515. The van der Waals surface area contributed by atoms with E-state index in [0.29, 0.717) is 11.5 Å². The van der Waals surface area contributed by atoms with Crippen LogP contribution in [0.15, 0.2) is 42.2 Å². The van der Waals surface area contributed by atoms with Crippen LogP contribution in [0.1, 0.15) is 45.1 Å². The molecule has 5 nitrogen and oxygen atoms in total. The molecule has 0 aliphatic heterocycles. The third kappa shape index (κ3) is 4.86. The average Bonchev–Trinajstić information content (AvgIpc) is 3.15. The number of hydrogen-bond acceptors (Lipinski definition) is 4. The molecule has 1 amide bonds. The molecule has 0 bridgehead atoms. The Balaban J connectivity index is 2.07. The number of hydrogen-bond donors (Lipinski definition) is 3. The summed E-state index contributed by atoms with van der Waals surface area (Å²) in [4.78, 5) is 12.7. The first kappa shape index (κ1) is 19.5. The standard InChI is InChI=1S/C19H27N3O2S/c1-19(2,25(24)15-11-7-8-12-15)18(23)22-17(21-3)13-16(20)14-9-5-4-6-10-14/h4-6,9-10,13,15,20-21H,7-8,11-12H2,1-3H3,(H,22,23)/b17-13+,20-16?. The van der Waals surface area contributed by atoms with Crippen LogP contribution in [0.5, 0.6) is 0 Å². The first-order chi connectivity index (χ1) is 11.9. The van der Waals surface area contributed by atoms with Gasteiger partial charge in [-0.3, -0.25) is 4.79 Å². The fourth-order valence-electron chi connectivity index (χ4n) is 2.90. The van der Waals surface area contributed by atoms with Crippen molar-refractivity contribution in [2.75, 3.05) is 7.05 Å². The summed E-state index contributed by atoms with van der Waals surface area (Å²) < 4.78 is 11.8. The largest absolute Gasteiger partial charge is 0.615 e. The lowest BCUT2D eigenvalue weighted by Gasteiger charge is -2.31. The summed E-state index contributed by atoms with van der Waals surface area (Å²) in [6, 6.07) is 9.30. The van der Waals surface area contributed by atoms with Gasteiger partial charge in [0.1, 0.15) is 11.1 Å². The van der Waals surface area contributed by atoms with Crippen LogP contribution in [0.3, 0.4) is 0 Å². The molecule has 2 rings (SSSR count). The summed E-state index contributed by atoms with van der Waals surface area (Å²) >= 11 is -1.22. The first-order valence-corrected chi connectivity index (χ1v) is 9.83. The molecule has 1 aliphatic carbocycles. The highest BCUT2D eigenvalue weighted by Crippen LogP contribution is 2.32. The molecule has 136 valence electrons. The summed E-state index contributed by atoms with van der Waals surface area (Å²) in [5.41, 5.74) is 1.05. The van der Waals surface area contributed by atoms with Gasteiger partial charge in [-0.15, -0.1) is 0 Å². The predicted octanol–water partition coefficient (Wildman–Crippen LogP) is 2.70. The van der Waals surface area contributed by atoms with Crippen LogP contribution < -0.4 is 10.6 Å². The lowest BCUT2D eigenvalue weighted by atomic mass is 10.1. The van der Waals surface area contributed by atoms with E-state index in [-0.39, 0.29) is 11.2 Å². The molecule has 25 heavy (non-hydrogen) atoms. The second-order valence-electron chi connectivity index (χ2n) is 6.76. The Hall–Kier alpha value is -1.79. The van der Waals surface area contributed by atoms with Gasteiger partial charge in [0.25, 0.3) is 5.91 Å². The Morgan fingerprint density at radius 1 is 1.28 bits per heavy atom. The maximum atomic E-state index is 12.8. The van der Waals surface area contributed by atoms with Gasteiger partial charge in [0, 0.05) is 13.1 Å². The molecule has 6 heteroatoms. The second kappa shape index (κ2) is 8.54. The van der Waals surface area contributed by atoms with Crippen molar-refractivity contribution < 1.29 is 9.35 Å². The normalized spacial score (nSPS) is 17.2. The fourth-order valence-corrected chi connectivity index (χ4v) is 4.73. The zero-order chi connectivity index (χ0) is 18.4. The number of carbonyl (C=O) groups is 1. The molecule has 1 aromatic carbocycles. The van der Waals surface area contributed by atoms with E-state index in [1.165, 1.54) is 0 Å². The third-order valence-electron chi connectivity index (χ3n) is 4.55. The van der Waals surface area contributed by atoms with Crippen molar-refractivity contribution in [2.45, 2.75) is 49.5 Å². The minimum Gasteiger partial charge on any atom is -0.615 e. The van der Waals surface area contributed by atoms with E-state index >= 15 is 0 Å². The van der Waals surface area contributed by atoms with Gasteiger partial charge < -0.3 is 20.6 Å². The number of allylic oxidation sites excluding steroid dienone is 1. The lowest BCUT2D eigenvalue weighted by Crippen LogP contribution is -2.51. The third-order valence-corrected chi connectivity index (χ3v) is 6.81. The predicted molar refractivity (Wildman–Crippen MR) is 103 cm³/mol. The van der Waals surface area contributed by atoms with Crippen LogP contribution >= 0.6 is 0 Å². The molecule has 0 aromatic heterocycles. The Kier molecular flexibility index (Phi) is 6.67. The van der Waals surface area contributed by atoms with Gasteiger partial charge in [-0.1, -0.05) is 30.3 Å². The molecule has 3 N–H and O–H groups in total. The average molecular weight is 362 g/mol. The van der Waals surface area contributed by atoms with Gasteiger partial charge in [0.2, 0.25) is 0 Å². The van der Waals surface area contributed by atoms with Gasteiger partial charge in [0.15, 0.2) is 4.75 Å². The van der Waals surface area contributed by atoms with E-state index in [1.54, 1.807) is 27.0 Å². The summed E-state index contributed by atoms with van der Waals surface area (Å²) in [5, 5.41) is 14.0. The Labute approximate surface area is 153 Å². The fraction of sp³-hybridized carbons (Fsp3) is 0.474. The Bertz CT molecular complexity index is 637. The van der Waals surface area contributed by atoms with Crippen molar-refractivity contribution in [1.29, 1.82) is 5.41 Å². The number of rotatable bonds is 7. The summed E-state index contributed by atoms with van der Waals surface area (Å²) in [6.45, 7) is 3.46. The van der Waals surface area contributed by atoms with E-state index in [2.05, 4.69) is 10.6 Å². The van der Waals surface area contributed by atoms with Gasteiger partial charge >= 0.3 is 0 Å². The molecule has 1 fully saturated rings. The van der Waals surface area contributed by atoms with Crippen molar-refractivity contribution >= 4 is 22.8 Å². The number of nitrogens with one attached hydrogen (secondary N) is 3. The lowest BCUT2D eigenvalue weighted by molar-refractivity contribution is -0.122. The first-order valence-electron chi connectivity index (χ1n) is 8.62. The monoisotopic (exact) mass is 361 g/mol. The molecule has 0 saturated heterocycles. The second-order valence-corrected chi connectivity index (χ2v) is 9.04. The molecule has 1 aromatic rings.